The van der Waals surface area contributed by atoms with Gasteiger partial charge in [-0.3, -0.25) is 0 Å². The minimum Gasteiger partial charge on any atom is -0.456 e. The molecule has 300 valence electrons. The van der Waals surface area contributed by atoms with Crippen LogP contribution >= 0.6 is 0 Å². The second kappa shape index (κ2) is 13.0. The maximum atomic E-state index is 7.33. The monoisotopic (exact) mass is 809 g/mol. The highest BCUT2D eigenvalue weighted by Crippen LogP contribution is 2.55. The van der Waals surface area contributed by atoms with Gasteiger partial charge in [0.2, 0.25) is 0 Å². The van der Waals surface area contributed by atoms with Crippen LogP contribution < -0.4 is 4.90 Å². The van der Waals surface area contributed by atoms with Crippen molar-refractivity contribution in [1.82, 2.24) is 0 Å². The normalized spacial score (nSPS) is 14.3. The van der Waals surface area contributed by atoms with Gasteiger partial charge in [0.25, 0.3) is 0 Å². The molecule has 0 bridgehead atoms. The molecular formula is C60H43NO2. The lowest BCUT2D eigenvalue weighted by atomic mass is 9.81. The van der Waals surface area contributed by atoms with Crippen molar-refractivity contribution in [2.24, 2.45) is 0 Å². The average molecular weight is 810 g/mol. The van der Waals surface area contributed by atoms with Crippen molar-refractivity contribution in [3.8, 4) is 44.5 Å². The molecule has 0 N–H and O–H groups in total. The molecule has 0 unspecified atom stereocenters. The van der Waals surface area contributed by atoms with Gasteiger partial charge < -0.3 is 13.7 Å². The molecule has 0 saturated heterocycles. The van der Waals surface area contributed by atoms with Crippen molar-refractivity contribution >= 4 is 60.9 Å². The van der Waals surface area contributed by atoms with Crippen LogP contribution in [0.4, 0.5) is 17.1 Å². The molecular weight excluding hydrogens is 767 g/mol. The summed E-state index contributed by atoms with van der Waals surface area (Å²) in [4.78, 5) is 2.43. The molecule has 11 aromatic rings. The highest BCUT2D eigenvalue weighted by Gasteiger charge is 2.38. The number of para-hydroxylation sites is 2. The minimum absolute atomic E-state index is 0.146. The first-order chi connectivity index (χ1) is 30.8. The standard InChI is InChI=1S/C60H43NO2/c1-59(2)46-22-12-8-19-41(46)43-28-26-37(34-48(43)59)40-30-31-51(58-56(40)57-54(63-58)33-32-53-55(57)45-21-11-15-25-52(45)62-53)61(50-24-14-10-18-39(50)36-16-6-5-7-17-36)38-27-29-44-42-20-9-13-23-47(42)60(3,4)49(44)35-38/h5-35H,1-4H3. The van der Waals surface area contributed by atoms with Gasteiger partial charge in [0.15, 0.2) is 5.58 Å². The van der Waals surface area contributed by atoms with Crippen LogP contribution in [0.5, 0.6) is 0 Å². The lowest BCUT2D eigenvalue weighted by molar-refractivity contribution is 0.660. The molecule has 2 heterocycles. The van der Waals surface area contributed by atoms with Crippen molar-refractivity contribution < 1.29 is 8.83 Å². The third-order valence-corrected chi connectivity index (χ3v) is 14.3. The van der Waals surface area contributed by atoms with E-state index in [0.717, 1.165) is 83.2 Å². The number of hydrogen-bond donors (Lipinski definition) is 0. The Hall–Kier alpha value is -7.62. The summed E-state index contributed by atoms with van der Waals surface area (Å²) in [6, 6.07) is 68.5. The summed E-state index contributed by atoms with van der Waals surface area (Å²) in [6.07, 6.45) is 0. The number of hydrogen-bond acceptors (Lipinski definition) is 3. The van der Waals surface area contributed by atoms with Crippen LogP contribution in [0.3, 0.4) is 0 Å². The van der Waals surface area contributed by atoms with Crippen molar-refractivity contribution in [2.45, 2.75) is 38.5 Å². The van der Waals surface area contributed by atoms with E-state index in [4.69, 9.17) is 8.83 Å². The molecule has 0 spiro atoms. The number of fused-ring (bicyclic) bond motifs is 13. The van der Waals surface area contributed by atoms with Crippen molar-refractivity contribution in [1.29, 1.82) is 0 Å². The summed E-state index contributed by atoms with van der Waals surface area (Å²) in [5, 5.41) is 4.29. The molecule has 0 aliphatic heterocycles. The molecule has 13 rings (SSSR count). The van der Waals surface area contributed by atoms with E-state index >= 15 is 0 Å². The molecule has 9 aromatic carbocycles. The predicted octanol–water partition coefficient (Wildman–Crippen LogP) is 16.9. The van der Waals surface area contributed by atoms with E-state index in [1.165, 1.54) is 44.5 Å². The highest BCUT2D eigenvalue weighted by molar-refractivity contribution is 6.29. The Bertz CT molecular complexity index is 3690. The van der Waals surface area contributed by atoms with E-state index in [1.807, 2.05) is 6.07 Å². The van der Waals surface area contributed by atoms with Crippen LogP contribution in [0.25, 0.3) is 88.4 Å². The van der Waals surface area contributed by atoms with Gasteiger partial charge in [0, 0.05) is 43.6 Å². The van der Waals surface area contributed by atoms with Gasteiger partial charge in [-0.2, -0.15) is 0 Å². The number of anilines is 3. The van der Waals surface area contributed by atoms with Gasteiger partial charge >= 0.3 is 0 Å². The summed E-state index contributed by atoms with van der Waals surface area (Å²) in [5.41, 5.74) is 21.3. The second-order valence-electron chi connectivity index (χ2n) is 18.4. The van der Waals surface area contributed by atoms with E-state index in [2.05, 4.69) is 215 Å². The third-order valence-electron chi connectivity index (χ3n) is 14.3. The summed E-state index contributed by atoms with van der Waals surface area (Å²) < 4.78 is 13.9. The molecule has 2 aromatic heterocycles. The fourth-order valence-electron chi connectivity index (χ4n) is 11.2. The topological polar surface area (TPSA) is 29.5 Å². The zero-order valence-corrected chi connectivity index (χ0v) is 35.7. The Morgan fingerprint density at radius 1 is 0.349 bits per heavy atom. The van der Waals surface area contributed by atoms with Crippen LogP contribution in [0.15, 0.2) is 197 Å². The molecule has 2 aliphatic rings. The van der Waals surface area contributed by atoms with Gasteiger partial charge in [-0.25, -0.2) is 0 Å². The third kappa shape index (κ3) is 5.02. The highest BCUT2D eigenvalue weighted by atomic mass is 16.3. The fraction of sp³-hybridized carbons (Fsp3) is 0.100. The quantitative estimate of drug-likeness (QED) is 0.173. The minimum atomic E-state index is -0.181. The van der Waals surface area contributed by atoms with Crippen LogP contribution in [-0.2, 0) is 10.8 Å². The summed E-state index contributed by atoms with van der Waals surface area (Å²) in [7, 11) is 0. The maximum absolute atomic E-state index is 7.33. The second-order valence-corrected chi connectivity index (χ2v) is 18.4. The van der Waals surface area contributed by atoms with E-state index in [1.54, 1.807) is 0 Å². The molecule has 3 heteroatoms. The lowest BCUT2D eigenvalue weighted by Gasteiger charge is -2.30. The molecule has 63 heavy (non-hydrogen) atoms. The first-order valence-corrected chi connectivity index (χ1v) is 22.0. The van der Waals surface area contributed by atoms with E-state index in [-0.39, 0.29) is 10.8 Å². The van der Waals surface area contributed by atoms with Crippen LogP contribution in [0.1, 0.15) is 49.9 Å². The molecule has 0 amide bonds. The van der Waals surface area contributed by atoms with Gasteiger partial charge in [0.1, 0.15) is 16.7 Å². The van der Waals surface area contributed by atoms with E-state index in [9.17, 15) is 0 Å². The Morgan fingerprint density at radius 3 is 1.67 bits per heavy atom. The Kier molecular flexibility index (Phi) is 7.42. The Labute approximate surface area is 366 Å². The van der Waals surface area contributed by atoms with E-state index in [0.29, 0.717) is 0 Å². The largest absolute Gasteiger partial charge is 0.456 e. The van der Waals surface area contributed by atoms with Crippen molar-refractivity contribution in [3.63, 3.8) is 0 Å². The number of furan rings is 2. The Balaban J connectivity index is 1.13. The van der Waals surface area contributed by atoms with Crippen molar-refractivity contribution in [3.05, 3.63) is 210 Å². The number of benzene rings is 9. The fourth-order valence-corrected chi connectivity index (χ4v) is 11.2. The molecule has 2 aliphatic carbocycles. The first kappa shape index (κ1) is 36.1. The van der Waals surface area contributed by atoms with Gasteiger partial charge in [-0.05, 0) is 110 Å². The summed E-state index contributed by atoms with van der Waals surface area (Å²) in [6.45, 7) is 9.42. The molecule has 0 saturated carbocycles. The predicted molar refractivity (Wildman–Crippen MR) is 262 cm³/mol. The van der Waals surface area contributed by atoms with E-state index < -0.39 is 0 Å². The lowest BCUT2D eigenvalue weighted by Crippen LogP contribution is -2.17. The number of nitrogens with zero attached hydrogens (tertiary/aromatic N) is 1. The van der Waals surface area contributed by atoms with Crippen molar-refractivity contribution in [2.75, 3.05) is 4.90 Å². The maximum Gasteiger partial charge on any atom is 0.160 e. The summed E-state index contributed by atoms with van der Waals surface area (Å²) in [5.74, 6) is 0. The van der Waals surface area contributed by atoms with Crippen LogP contribution in [0, 0.1) is 0 Å². The average Bonchev–Trinajstić information content (AvgIpc) is 4.02. The Morgan fingerprint density at radius 2 is 0.921 bits per heavy atom. The summed E-state index contributed by atoms with van der Waals surface area (Å²) >= 11 is 0. The molecule has 0 radical (unpaired) electrons. The SMILES string of the molecule is CC1(C)c2ccccc2-c2ccc(-c3ccc(N(c4ccc5c(c4)C(C)(C)c4ccccc4-5)c4ccccc4-c4ccccc4)c4oc5ccc6oc7ccccc7c6c5c34)cc21. The zero-order chi connectivity index (χ0) is 42.2. The van der Waals surface area contributed by atoms with Gasteiger partial charge in [0.05, 0.1) is 11.4 Å². The molecule has 3 nitrogen and oxygen atoms in total. The van der Waals surface area contributed by atoms with Crippen LogP contribution in [0.2, 0.25) is 0 Å². The molecule has 0 fully saturated rings. The molecule has 0 atom stereocenters. The van der Waals surface area contributed by atoms with Gasteiger partial charge in [-0.1, -0.05) is 167 Å². The zero-order valence-electron chi connectivity index (χ0n) is 35.7. The smallest absolute Gasteiger partial charge is 0.160 e. The van der Waals surface area contributed by atoms with Crippen LogP contribution in [-0.4, -0.2) is 0 Å². The first-order valence-electron chi connectivity index (χ1n) is 22.0. The number of rotatable bonds is 5. The van der Waals surface area contributed by atoms with Gasteiger partial charge in [-0.15, -0.1) is 0 Å².